The lowest BCUT2D eigenvalue weighted by Gasteiger charge is -1.94. The summed E-state index contributed by atoms with van der Waals surface area (Å²) in [6.45, 7) is 0. The monoisotopic (exact) mass is 128 g/mol. The van der Waals surface area contributed by atoms with Gasteiger partial charge in [0.2, 0.25) is 0 Å². The fraction of sp³-hybridized carbons (Fsp3) is 1.00. The lowest BCUT2D eigenvalue weighted by molar-refractivity contribution is 0.605. The average molecular weight is 129 g/mol. The minimum absolute atomic E-state index is 0.366. The van der Waals surface area contributed by atoms with Crippen LogP contribution in [0.2, 0.25) is 0 Å². The van der Waals surface area contributed by atoms with Crippen molar-refractivity contribution < 1.29 is 0 Å². The summed E-state index contributed by atoms with van der Waals surface area (Å²) in [5, 5.41) is 0. The van der Waals surface area contributed by atoms with Crippen LogP contribution in [0, 0.1) is 17.8 Å². The van der Waals surface area contributed by atoms with Crippen molar-refractivity contribution in [3.63, 3.8) is 0 Å². The number of alkyl halides is 1. The summed E-state index contributed by atoms with van der Waals surface area (Å²) < 4.78 is 0. The zero-order valence-electron chi connectivity index (χ0n) is 4.73. The molecule has 0 nitrogen and oxygen atoms in total. The number of rotatable bonds is 0. The topological polar surface area (TPSA) is 0 Å². The SMILES string of the molecule is ClC12CC3CC1C2C3. The molecule has 44 valence electrons. The molecule has 4 fully saturated rings. The van der Waals surface area contributed by atoms with Crippen molar-refractivity contribution in [1.29, 1.82) is 0 Å². The molecule has 4 bridgehead atoms. The fourth-order valence-corrected chi connectivity index (χ4v) is 3.65. The van der Waals surface area contributed by atoms with Crippen molar-refractivity contribution in [2.45, 2.75) is 24.1 Å². The van der Waals surface area contributed by atoms with Crippen molar-refractivity contribution >= 4 is 11.6 Å². The molecule has 4 aliphatic carbocycles. The Kier molecular flexibility index (Phi) is 0.448. The third-order valence-electron chi connectivity index (χ3n) is 3.39. The molecule has 1 heteroatoms. The molecule has 2 unspecified atom stereocenters. The van der Waals surface area contributed by atoms with Crippen LogP contribution in [-0.2, 0) is 0 Å². The van der Waals surface area contributed by atoms with Crippen molar-refractivity contribution in [3.8, 4) is 0 Å². The Morgan fingerprint density at radius 1 is 1.25 bits per heavy atom. The van der Waals surface area contributed by atoms with Gasteiger partial charge in [-0.25, -0.2) is 0 Å². The largest absolute Gasteiger partial charge is 0.119 e. The van der Waals surface area contributed by atoms with E-state index in [0.717, 1.165) is 17.8 Å². The lowest BCUT2D eigenvalue weighted by atomic mass is 10.1. The van der Waals surface area contributed by atoms with Crippen molar-refractivity contribution in [2.75, 3.05) is 0 Å². The minimum Gasteiger partial charge on any atom is -0.119 e. The maximum atomic E-state index is 6.23. The van der Waals surface area contributed by atoms with Gasteiger partial charge in [0.15, 0.2) is 0 Å². The quantitative estimate of drug-likeness (QED) is 0.438. The summed E-state index contributed by atoms with van der Waals surface area (Å²) in [4.78, 5) is 0.366. The Morgan fingerprint density at radius 3 is 2.00 bits per heavy atom. The molecule has 8 heavy (non-hydrogen) atoms. The van der Waals surface area contributed by atoms with E-state index in [1.807, 2.05) is 0 Å². The van der Waals surface area contributed by atoms with Crippen LogP contribution in [-0.4, -0.2) is 4.87 Å². The third kappa shape index (κ3) is 0.236. The molecule has 0 N–H and O–H groups in total. The first-order chi connectivity index (χ1) is 3.81. The summed E-state index contributed by atoms with van der Waals surface area (Å²) in [7, 11) is 0. The van der Waals surface area contributed by atoms with Gasteiger partial charge in [-0.2, -0.15) is 0 Å². The molecule has 2 atom stereocenters. The second-order valence-electron chi connectivity index (χ2n) is 3.68. The Hall–Kier alpha value is 0.290. The van der Waals surface area contributed by atoms with Gasteiger partial charge in [0.05, 0.1) is 4.87 Å². The summed E-state index contributed by atoms with van der Waals surface area (Å²) in [5.74, 6) is 2.98. The van der Waals surface area contributed by atoms with Gasteiger partial charge in [-0.15, -0.1) is 11.6 Å². The highest BCUT2D eigenvalue weighted by Crippen LogP contribution is 2.76. The number of halogens is 1. The molecule has 4 saturated carbocycles. The van der Waals surface area contributed by atoms with E-state index in [4.69, 9.17) is 11.6 Å². The normalized spacial score (nSPS) is 73.9. The van der Waals surface area contributed by atoms with Crippen LogP contribution in [0.1, 0.15) is 19.3 Å². The van der Waals surface area contributed by atoms with Gasteiger partial charge in [-0.1, -0.05) is 0 Å². The molecule has 0 spiro atoms. The van der Waals surface area contributed by atoms with Gasteiger partial charge < -0.3 is 0 Å². The minimum atomic E-state index is 0.366. The van der Waals surface area contributed by atoms with Crippen LogP contribution >= 0.6 is 11.6 Å². The summed E-state index contributed by atoms with van der Waals surface area (Å²) in [6, 6.07) is 0. The van der Waals surface area contributed by atoms with Crippen LogP contribution in [0.15, 0.2) is 0 Å². The zero-order chi connectivity index (χ0) is 5.35. The second kappa shape index (κ2) is 0.862. The average Bonchev–Trinajstić information content (AvgIpc) is 2.11. The van der Waals surface area contributed by atoms with Gasteiger partial charge in [0, 0.05) is 0 Å². The summed E-state index contributed by atoms with van der Waals surface area (Å²) in [6.07, 6.45) is 4.28. The van der Waals surface area contributed by atoms with E-state index < -0.39 is 0 Å². The molecule has 0 aliphatic heterocycles. The molecule has 0 radical (unpaired) electrons. The standard InChI is InChI=1S/C7H9Cl/c8-7-3-4-1-5(7)6(7)2-4/h4-6H,1-3H2. The van der Waals surface area contributed by atoms with E-state index in [2.05, 4.69) is 0 Å². The first kappa shape index (κ1) is 4.16. The highest BCUT2D eigenvalue weighted by molar-refractivity contribution is 6.27. The molecule has 4 rings (SSSR count). The molecular formula is C7H9Cl. The molecule has 0 aromatic carbocycles. The Labute approximate surface area is 54.2 Å². The smallest absolute Gasteiger partial charge is 0.0512 e. The van der Waals surface area contributed by atoms with E-state index in [1.165, 1.54) is 19.3 Å². The van der Waals surface area contributed by atoms with Gasteiger partial charge in [0.25, 0.3) is 0 Å². The van der Waals surface area contributed by atoms with E-state index in [0.29, 0.717) is 4.87 Å². The molecule has 4 aliphatic rings. The predicted molar refractivity (Wildman–Crippen MR) is 32.9 cm³/mol. The van der Waals surface area contributed by atoms with E-state index >= 15 is 0 Å². The fourth-order valence-electron chi connectivity index (χ4n) is 3.01. The first-order valence-corrected chi connectivity index (χ1v) is 3.87. The maximum absolute atomic E-state index is 6.23. The Morgan fingerprint density at radius 2 is 1.88 bits per heavy atom. The van der Waals surface area contributed by atoms with E-state index in [-0.39, 0.29) is 0 Å². The third-order valence-corrected chi connectivity index (χ3v) is 4.10. The summed E-state index contributed by atoms with van der Waals surface area (Å²) in [5.41, 5.74) is 0. The van der Waals surface area contributed by atoms with Crippen LogP contribution < -0.4 is 0 Å². The van der Waals surface area contributed by atoms with Gasteiger partial charge in [-0.05, 0) is 37.0 Å². The molecule has 0 aromatic rings. The van der Waals surface area contributed by atoms with Gasteiger partial charge in [0.1, 0.15) is 0 Å². The zero-order valence-corrected chi connectivity index (χ0v) is 5.49. The van der Waals surface area contributed by atoms with Crippen LogP contribution in [0.25, 0.3) is 0 Å². The highest BCUT2D eigenvalue weighted by Gasteiger charge is 2.73. The summed E-state index contributed by atoms with van der Waals surface area (Å²) >= 11 is 6.23. The number of hydrogen-bond acceptors (Lipinski definition) is 0. The maximum Gasteiger partial charge on any atom is 0.0512 e. The van der Waals surface area contributed by atoms with Gasteiger partial charge in [-0.3, -0.25) is 0 Å². The van der Waals surface area contributed by atoms with Crippen LogP contribution in [0.3, 0.4) is 0 Å². The molecule has 0 saturated heterocycles. The van der Waals surface area contributed by atoms with Crippen molar-refractivity contribution in [3.05, 3.63) is 0 Å². The second-order valence-corrected chi connectivity index (χ2v) is 4.39. The first-order valence-electron chi connectivity index (χ1n) is 3.49. The van der Waals surface area contributed by atoms with Gasteiger partial charge >= 0.3 is 0 Å². The molecular weight excluding hydrogens is 120 g/mol. The van der Waals surface area contributed by atoms with E-state index in [9.17, 15) is 0 Å². The Bertz CT molecular complexity index is 140. The van der Waals surface area contributed by atoms with Crippen LogP contribution in [0.5, 0.6) is 0 Å². The van der Waals surface area contributed by atoms with E-state index in [1.54, 1.807) is 0 Å². The predicted octanol–water partition coefficient (Wildman–Crippen LogP) is 2.02. The molecule has 0 aromatic heterocycles. The molecule has 0 amide bonds. The lowest BCUT2D eigenvalue weighted by Crippen LogP contribution is -1.92. The van der Waals surface area contributed by atoms with Crippen molar-refractivity contribution in [1.82, 2.24) is 0 Å². The van der Waals surface area contributed by atoms with Crippen LogP contribution in [0.4, 0.5) is 0 Å². The molecule has 0 heterocycles. The van der Waals surface area contributed by atoms with Crippen molar-refractivity contribution in [2.24, 2.45) is 17.8 Å². The number of hydrogen-bond donors (Lipinski definition) is 0. The highest BCUT2D eigenvalue weighted by atomic mass is 35.5. The Balaban J connectivity index is 2.16.